The Hall–Kier alpha value is -0.770. The summed E-state index contributed by atoms with van der Waals surface area (Å²) in [7, 11) is 0. The van der Waals surface area contributed by atoms with Crippen molar-refractivity contribution in [2.45, 2.75) is 95.9 Å². The summed E-state index contributed by atoms with van der Waals surface area (Å²) in [5.41, 5.74) is -1.66. The summed E-state index contributed by atoms with van der Waals surface area (Å²) in [6, 6.07) is 0. The second kappa shape index (κ2) is 7.62. The van der Waals surface area contributed by atoms with Gasteiger partial charge in [0.1, 0.15) is 0 Å². The van der Waals surface area contributed by atoms with Crippen LogP contribution < -0.4 is 0 Å². The Kier molecular flexibility index (Phi) is 5.80. The molecule has 0 bridgehead atoms. The number of aliphatic hydroxyl groups is 6. The Balaban J connectivity index is 1.69. The molecule has 0 aliphatic heterocycles. The van der Waals surface area contributed by atoms with Crippen LogP contribution in [0.1, 0.15) is 72.1 Å². The normalized spacial score (nSPS) is 50.1. The second-order valence-electron chi connectivity index (χ2n) is 12.0. The Labute approximate surface area is 189 Å². The average Bonchev–Trinajstić information content (AvgIpc) is 3.01. The van der Waals surface area contributed by atoms with Crippen molar-refractivity contribution < 1.29 is 40.5 Å². The van der Waals surface area contributed by atoms with Crippen molar-refractivity contribution in [3.63, 3.8) is 0 Å². The van der Waals surface area contributed by atoms with Crippen LogP contribution in [0.5, 0.6) is 0 Å². The van der Waals surface area contributed by atoms with Crippen LogP contribution in [0.25, 0.3) is 0 Å². The van der Waals surface area contributed by atoms with Crippen LogP contribution in [0.4, 0.5) is 0 Å². The molecule has 0 aromatic rings. The first-order valence-corrected chi connectivity index (χ1v) is 12.1. The zero-order valence-electron chi connectivity index (χ0n) is 19.3. The number of carbonyl (C=O) groups is 1. The largest absolute Gasteiger partial charge is 0.481 e. The molecule has 0 aromatic carbocycles. The molecule has 8 heteroatoms. The van der Waals surface area contributed by atoms with E-state index in [-0.39, 0.29) is 61.2 Å². The van der Waals surface area contributed by atoms with Gasteiger partial charge in [-0.05, 0) is 61.2 Å². The number of fused-ring (bicyclic) bond motifs is 5. The van der Waals surface area contributed by atoms with E-state index in [0.29, 0.717) is 19.3 Å². The lowest BCUT2D eigenvalue weighted by molar-refractivity contribution is -0.342. The molecule has 4 rings (SSSR count). The first kappa shape index (κ1) is 24.4. The van der Waals surface area contributed by atoms with Gasteiger partial charge in [0.15, 0.2) is 11.6 Å². The zero-order valence-corrected chi connectivity index (χ0v) is 19.3. The maximum absolute atomic E-state index is 11.5. The molecule has 0 radical (unpaired) electrons. The van der Waals surface area contributed by atoms with Crippen LogP contribution in [0.2, 0.25) is 0 Å². The van der Waals surface area contributed by atoms with Gasteiger partial charge in [0.05, 0.1) is 12.2 Å². The smallest absolute Gasteiger partial charge is 0.303 e. The summed E-state index contributed by atoms with van der Waals surface area (Å²) < 4.78 is 0. The van der Waals surface area contributed by atoms with Gasteiger partial charge in [0.2, 0.25) is 0 Å². The van der Waals surface area contributed by atoms with Crippen molar-refractivity contribution in [3.8, 4) is 0 Å². The quantitative estimate of drug-likeness (QED) is 0.309. The van der Waals surface area contributed by atoms with E-state index in [1.165, 1.54) is 0 Å². The number of aliphatic hydroxyl groups excluding tert-OH is 2. The lowest BCUT2D eigenvalue weighted by Gasteiger charge is -2.66. The molecule has 10 atom stereocenters. The summed E-state index contributed by atoms with van der Waals surface area (Å²) >= 11 is 0. The van der Waals surface area contributed by atoms with Crippen molar-refractivity contribution >= 4 is 5.97 Å². The van der Waals surface area contributed by atoms with Gasteiger partial charge >= 0.3 is 5.97 Å². The third kappa shape index (κ3) is 3.36. The fourth-order valence-electron chi connectivity index (χ4n) is 8.80. The highest BCUT2D eigenvalue weighted by molar-refractivity contribution is 5.66. The van der Waals surface area contributed by atoms with Crippen molar-refractivity contribution in [2.24, 2.45) is 46.3 Å². The van der Waals surface area contributed by atoms with E-state index >= 15 is 0 Å². The van der Waals surface area contributed by atoms with Gasteiger partial charge in [-0.15, -0.1) is 0 Å². The van der Waals surface area contributed by atoms with Gasteiger partial charge in [-0.2, -0.15) is 0 Å². The molecule has 0 aromatic heterocycles. The summed E-state index contributed by atoms with van der Waals surface area (Å²) in [6.45, 7) is 5.76. The molecular weight excluding hydrogens is 416 g/mol. The molecule has 32 heavy (non-hydrogen) atoms. The van der Waals surface area contributed by atoms with Crippen molar-refractivity contribution in [2.75, 3.05) is 0 Å². The Morgan fingerprint density at radius 2 is 1.66 bits per heavy atom. The van der Waals surface area contributed by atoms with Crippen molar-refractivity contribution in [1.82, 2.24) is 0 Å². The van der Waals surface area contributed by atoms with Crippen LogP contribution in [0, 0.1) is 46.3 Å². The summed E-state index contributed by atoms with van der Waals surface area (Å²) in [5, 5.41) is 74.9. The molecule has 0 spiro atoms. The van der Waals surface area contributed by atoms with Gasteiger partial charge < -0.3 is 35.7 Å². The Bertz CT molecular complexity index is 752. The van der Waals surface area contributed by atoms with Gasteiger partial charge in [-0.3, -0.25) is 4.79 Å². The minimum atomic E-state index is -2.03. The minimum absolute atomic E-state index is 0.00219. The average molecular weight is 457 g/mol. The fourth-order valence-corrected chi connectivity index (χ4v) is 8.80. The van der Waals surface area contributed by atoms with Crippen LogP contribution in [-0.4, -0.2) is 65.5 Å². The van der Waals surface area contributed by atoms with Crippen LogP contribution in [-0.2, 0) is 4.79 Å². The summed E-state index contributed by atoms with van der Waals surface area (Å²) in [5.74, 6) is -6.11. The highest BCUT2D eigenvalue weighted by Crippen LogP contribution is 2.70. The van der Waals surface area contributed by atoms with E-state index < -0.39 is 40.6 Å². The molecule has 7 N–H and O–H groups in total. The molecule has 0 saturated heterocycles. The first-order valence-electron chi connectivity index (χ1n) is 12.1. The van der Waals surface area contributed by atoms with Gasteiger partial charge in [0.25, 0.3) is 0 Å². The number of hydrogen-bond acceptors (Lipinski definition) is 7. The Morgan fingerprint density at radius 3 is 2.28 bits per heavy atom. The number of rotatable bonds is 4. The van der Waals surface area contributed by atoms with Gasteiger partial charge in [-0.1, -0.05) is 20.8 Å². The van der Waals surface area contributed by atoms with E-state index in [0.717, 1.165) is 6.42 Å². The topological polar surface area (TPSA) is 159 Å². The van der Waals surface area contributed by atoms with Crippen LogP contribution in [0.3, 0.4) is 0 Å². The van der Waals surface area contributed by atoms with Crippen molar-refractivity contribution in [3.05, 3.63) is 0 Å². The lowest BCUT2D eigenvalue weighted by Crippen LogP contribution is -2.69. The van der Waals surface area contributed by atoms with Gasteiger partial charge in [-0.25, -0.2) is 0 Å². The summed E-state index contributed by atoms with van der Waals surface area (Å²) in [6.07, 6.45) is 0.373. The zero-order chi connectivity index (χ0) is 23.9. The van der Waals surface area contributed by atoms with E-state index in [9.17, 15) is 35.4 Å². The fraction of sp³-hybridized carbons (Fsp3) is 0.958. The molecule has 4 saturated carbocycles. The molecular formula is C24H40O8. The highest BCUT2D eigenvalue weighted by atomic mass is 16.5. The molecule has 184 valence electrons. The van der Waals surface area contributed by atoms with Crippen LogP contribution in [0.15, 0.2) is 0 Å². The van der Waals surface area contributed by atoms with Gasteiger partial charge in [0, 0.05) is 36.5 Å². The monoisotopic (exact) mass is 456 g/mol. The molecule has 4 aliphatic carbocycles. The molecule has 4 aliphatic rings. The Morgan fingerprint density at radius 1 is 1.00 bits per heavy atom. The van der Waals surface area contributed by atoms with E-state index in [1.54, 1.807) is 0 Å². The molecule has 8 nitrogen and oxygen atoms in total. The van der Waals surface area contributed by atoms with Crippen molar-refractivity contribution in [1.29, 1.82) is 0 Å². The van der Waals surface area contributed by atoms with E-state index in [2.05, 4.69) is 0 Å². The number of carboxylic acids is 1. The van der Waals surface area contributed by atoms with Crippen LogP contribution >= 0.6 is 0 Å². The minimum Gasteiger partial charge on any atom is -0.481 e. The van der Waals surface area contributed by atoms with E-state index in [4.69, 9.17) is 5.11 Å². The third-order valence-corrected chi connectivity index (χ3v) is 10.6. The molecule has 0 heterocycles. The maximum Gasteiger partial charge on any atom is 0.303 e. The predicted octanol–water partition coefficient (Wildman–Crippen LogP) is 1.06. The van der Waals surface area contributed by atoms with E-state index in [1.807, 2.05) is 20.8 Å². The molecule has 10 unspecified atom stereocenters. The SMILES string of the molecule is CC(CCC(=O)O)C1CCC2C3C(O)CC4CC(O)(O)CC(O)C4(C)C3CC(O)(O)C12C. The first-order chi connectivity index (χ1) is 14.6. The summed E-state index contributed by atoms with van der Waals surface area (Å²) in [4.78, 5) is 11.1. The number of hydrogen-bond donors (Lipinski definition) is 7. The third-order valence-electron chi connectivity index (χ3n) is 10.6. The number of aliphatic carboxylic acids is 1. The highest BCUT2D eigenvalue weighted by Gasteiger charge is 2.72. The number of carboxylic acid groups (broad SMARTS) is 1. The maximum atomic E-state index is 11.5. The molecule has 0 amide bonds. The standard InChI is InChI=1S/C24H40O8/c1-12(4-7-19(27)28)14-5-6-15-20-16(10-24(31,32)22(14,15)3)21(2)13(8-17(20)25)9-23(29,30)11-18(21)26/h12-18,20,25-26,29-32H,4-11H2,1-3H3,(H,27,28). The second-order valence-corrected chi connectivity index (χ2v) is 12.0. The predicted molar refractivity (Wildman–Crippen MR) is 114 cm³/mol. The molecule has 4 fully saturated rings. The lowest BCUT2D eigenvalue weighted by atomic mass is 9.41.